The van der Waals surface area contributed by atoms with Crippen LogP contribution < -0.4 is 5.56 Å². The second kappa shape index (κ2) is 4.66. The zero-order chi connectivity index (χ0) is 12.7. The molecule has 1 aromatic carbocycles. The third-order valence-corrected chi connectivity index (χ3v) is 4.23. The van der Waals surface area contributed by atoms with E-state index in [0.29, 0.717) is 20.3 Å². The number of aromatic nitrogens is 2. The summed E-state index contributed by atoms with van der Waals surface area (Å²) in [5.74, 6) is 1.06. The Bertz CT molecular complexity index is 664. The van der Waals surface area contributed by atoms with Gasteiger partial charge in [-0.1, -0.05) is 23.7 Å². The summed E-state index contributed by atoms with van der Waals surface area (Å²) in [6.07, 6.45) is 2.25. The molecule has 0 unspecified atom stereocenters. The number of aromatic amines is 1. The summed E-state index contributed by atoms with van der Waals surface area (Å²) in [4.78, 5) is 19.3. The van der Waals surface area contributed by atoms with Crippen molar-refractivity contribution in [2.45, 2.75) is 18.8 Å². The molecule has 0 spiro atoms. The van der Waals surface area contributed by atoms with Crippen LogP contribution in [0.1, 0.15) is 24.5 Å². The predicted octanol–water partition coefficient (Wildman–Crippen LogP) is 3.57. The van der Waals surface area contributed by atoms with Crippen molar-refractivity contribution in [2.24, 2.45) is 0 Å². The Labute approximate surface area is 123 Å². The van der Waals surface area contributed by atoms with Crippen LogP contribution >= 0.6 is 34.2 Å². The molecule has 1 heterocycles. The highest BCUT2D eigenvalue weighted by Crippen LogP contribution is 2.40. The molecule has 1 N–H and O–H groups in total. The zero-order valence-electron chi connectivity index (χ0n) is 9.41. The summed E-state index contributed by atoms with van der Waals surface area (Å²) in [7, 11) is 0. The Hall–Kier alpha value is -0.880. The zero-order valence-corrected chi connectivity index (χ0v) is 12.3. The number of benzene rings is 1. The summed E-state index contributed by atoms with van der Waals surface area (Å²) in [5, 5.41) is 0.640. The largest absolute Gasteiger partial charge is 0.306 e. The molecule has 0 aliphatic heterocycles. The number of rotatable bonds is 2. The van der Waals surface area contributed by atoms with Crippen LogP contribution in [0.4, 0.5) is 0 Å². The van der Waals surface area contributed by atoms with Crippen LogP contribution in [0.2, 0.25) is 5.02 Å². The Morgan fingerprint density at radius 3 is 2.83 bits per heavy atom. The van der Waals surface area contributed by atoms with Crippen molar-refractivity contribution < 1.29 is 0 Å². The van der Waals surface area contributed by atoms with E-state index in [1.165, 1.54) is 0 Å². The third-order valence-electron chi connectivity index (χ3n) is 2.95. The van der Waals surface area contributed by atoms with Crippen LogP contribution in [0.5, 0.6) is 0 Å². The molecular weight excluding hydrogens is 363 g/mol. The van der Waals surface area contributed by atoms with Gasteiger partial charge in [-0.2, -0.15) is 0 Å². The maximum Gasteiger partial charge on any atom is 0.264 e. The Morgan fingerprint density at radius 1 is 1.39 bits per heavy atom. The first-order chi connectivity index (χ1) is 8.65. The maximum absolute atomic E-state index is 11.9. The Morgan fingerprint density at radius 2 is 2.17 bits per heavy atom. The van der Waals surface area contributed by atoms with Crippen LogP contribution in [-0.2, 0) is 0 Å². The van der Waals surface area contributed by atoms with E-state index in [9.17, 15) is 4.79 Å². The van der Waals surface area contributed by atoms with E-state index in [2.05, 4.69) is 32.6 Å². The van der Waals surface area contributed by atoms with Gasteiger partial charge in [-0.05, 0) is 47.6 Å². The molecule has 5 heteroatoms. The average Bonchev–Trinajstić information content (AvgIpc) is 3.16. The quantitative estimate of drug-likeness (QED) is 0.819. The maximum atomic E-state index is 11.9. The van der Waals surface area contributed by atoms with Gasteiger partial charge in [0, 0.05) is 16.5 Å². The molecule has 1 saturated carbocycles. The van der Waals surface area contributed by atoms with Crippen molar-refractivity contribution in [3.8, 4) is 11.4 Å². The second-order valence-corrected chi connectivity index (χ2v) is 5.91. The highest BCUT2D eigenvalue weighted by Gasteiger charge is 2.28. The van der Waals surface area contributed by atoms with Crippen LogP contribution in [0.15, 0.2) is 29.1 Å². The van der Waals surface area contributed by atoms with Gasteiger partial charge in [-0.3, -0.25) is 4.79 Å². The summed E-state index contributed by atoms with van der Waals surface area (Å²) >= 11 is 8.03. The summed E-state index contributed by atoms with van der Waals surface area (Å²) < 4.78 is 0.709. The summed E-state index contributed by atoms with van der Waals surface area (Å²) in [5.41, 5.74) is 1.70. The van der Waals surface area contributed by atoms with E-state index < -0.39 is 0 Å². The molecule has 3 nitrogen and oxygen atoms in total. The summed E-state index contributed by atoms with van der Waals surface area (Å²) in [6, 6.07) is 7.36. The van der Waals surface area contributed by atoms with Gasteiger partial charge in [-0.25, -0.2) is 4.98 Å². The molecule has 0 radical (unpaired) electrons. The highest BCUT2D eigenvalue weighted by atomic mass is 127. The van der Waals surface area contributed by atoms with Crippen molar-refractivity contribution in [2.75, 3.05) is 0 Å². The van der Waals surface area contributed by atoms with Gasteiger partial charge < -0.3 is 4.98 Å². The molecule has 0 bridgehead atoms. The Kier molecular flexibility index (Phi) is 3.15. The van der Waals surface area contributed by atoms with E-state index in [1.54, 1.807) is 6.07 Å². The SMILES string of the molecule is O=c1[nH]c(-c2cccc(Cl)c2)nc(C2CC2)c1I. The minimum Gasteiger partial charge on any atom is -0.306 e. The van der Waals surface area contributed by atoms with Crippen LogP contribution in [-0.4, -0.2) is 9.97 Å². The molecule has 18 heavy (non-hydrogen) atoms. The van der Waals surface area contributed by atoms with Crippen molar-refractivity contribution >= 4 is 34.2 Å². The molecule has 1 fully saturated rings. The van der Waals surface area contributed by atoms with E-state index in [1.807, 2.05) is 18.2 Å². The highest BCUT2D eigenvalue weighted by molar-refractivity contribution is 14.1. The standard InChI is InChI=1S/C13H10ClIN2O/c14-9-3-1-2-8(6-9)12-16-11(7-4-5-7)10(15)13(18)17-12/h1-3,6-7H,4-5H2,(H,16,17,18). The van der Waals surface area contributed by atoms with Gasteiger partial charge in [0.2, 0.25) is 0 Å². The monoisotopic (exact) mass is 372 g/mol. The summed E-state index contributed by atoms with van der Waals surface area (Å²) in [6.45, 7) is 0. The topological polar surface area (TPSA) is 45.8 Å². The molecule has 92 valence electrons. The first kappa shape index (κ1) is 12.2. The molecule has 0 amide bonds. The lowest BCUT2D eigenvalue weighted by atomic mass is 10.2. The first-order valence-corrected chi connectivity index (χ1v) is 7.16. The predicted molar refractivity (Wildman–Crippen MR) is 80.0 cm³/mol. The van der Waals surface area contributed by atoms with Crippen LogP contribution in [0.25, 0.3) is 11.4 Å². The minimum absolute atomic E-state index is 0.0672. The van der Waals surface area contributed by atoms with Gasteiger partial charge in [0.15, 0.2) is 0 Å². The molecule has 1 aliphatic carbocycles. The van der Waals surface area contributed by atoms with Crippen molar-refractivity contribution in [1.82, 2.24) is 9.97 Å². The third kappa shape index (κ3) is 2.31. The van der Waals surface area contributed by atoms with Gasteiger partial charge >= 0.3 is 0 Å². The van der Waals surface area contributed by atoms with Crippen LogP contribution in [0.3, 0.4) is 0 Å². The molecule has 0 atom stereocenters. The lowest BCUT2D eigenvalue weighted by Gasteiger charge is -2.06. The molecule has 1 aliphatic rings. The van der Waals surface area contributed by atoms with Crippen molar-refractivity contribution in [3.63, 3.8) is 0 Å². The van der Waals surface area contributed by atoms with Gasteiger partial charge in [0.25, 0.3) is 5.56 Å². The molecular formula is C13H10ClIN2O. The number of halogens is 2. The number of nitrogens with zero attached hydrogens (tertiary/aromatic N) is 1. The van der Waals surface area contributed by atoms with Gasteiger partial charge in [-0.15, -0.1) is 0 Å². The van der Waals surface area contributed by atoms with Gasteiger partial charge in [0.1, 0.15) is 5.82 Å². The van der Waals surface area contributed by atoms with Gasteiger partial charge in [0.05, 0.1) is 9.26 Å². The molecule has 0 saturated heterocycles. The Balaban J connectivity index is 2.15. The van der Waals surface area contributed by atoms with Crippen molar-refractivity contribution in [3.05, 3.63) is 48.9 Å². The van der Waals surface area contributed by atoms with E-state index in [0.717, 1.165) is 24.1 Å². The van der Waals surface area contributed by atoms with E-state index in [4.69, 9.17) is 11.6 Å². The van der Waals surface area contributed by atoms with E-state index in [-0.39, 0.29) is 5.56 Å². The smallest absolute Gasteiger partial charge is 0.264 e. The molecule has 1 aromatic heterocycles. The first-order valence-electron chi connectivity index (χ1n) is 5.71. The average molecular weight is 373 g/mol. The minimum atomic E-state index is -0.0672. The fraction of sp³-hybridized carbons (Fsp3) is 0.231. The van der Waals surface area contributed by atoms with Crippen molar-refractivity contribution in [1.29, 1.82) is 0 Å². The molecule has 3 rings (SSSR count). The lowest BCUT2D eigenvalue weighted by molar-refractivity contribution is 0.958. The van der Waals surface area contributed by atoms with E-state index >= 15 is 0 Å². The fourth-order valence-corrected chi connectivity index (χ4v) is 2.76. The molecule has 2 aromatic rings. The fourth-order valence-electron chi connectivity index (χ4n) is 1.88. The lowest BCUT2D eigenvalue weighted by Crippen LogP contribution is -2.15. The van der Waals surface area contributed by atoms with Crippen LogP contribution in [0, 0.1) is 3.57 Å². The number of nitrogens with one attached hydrogen (secondary N) is 1. The normalized spacial score (nSPS) is 14.8. The number of H-pyrrole nitrogens is 1. The number of hydrogen-bond donors (Lipinski definition) is 1. The number of hydrogen-bond acceptors (Lipinski definition) is 2. The second-order valence-electron chi connectivity index (χ2n) is 4.40.